The average Bonchev–Trinajstić information content (AvgIpc) is 2.81. The maximum atomic E-state index is 11.5. The third-order valence-electron chi connectivity index (χ3n) is 2.72. The lowest BCUT2D eigenvalue weighted by molar-refractivity contribution is 0.599. The quantitative estimate of drug-likeness (QED) is 0.863. The number of nitrogens with one attached hydrogen (secondary N) is 1. The van der Waals surface area contributed by atoms with Crippen LogP contribution in [0.3, 0.4) is 0 Å². The molecule has 2 heterocycles. The minimum Gasteiger partial charge on any atom is -0.370 e. The number of aromatic nitrogens is 4. The van der Waals surface area contributed by atoms with Gasteiger partial charge < -0.3 is 5.32 Å². The summed E-state index contributed by atoms with van der Waals surface area (Å²) in [5.74, 6) is 0.740. The van der Waals surface area contributed by atoms with E-state index >= 15 is 0 Å². The summed E-state index contributed by atoms with van der Waals surface area (Å²) in [6, 6.07) is 1.80. The van der Waals surface area contributed by atoms with Crippen molar-refractivity contribution in [2.45, 2.75) is 19.1 Å². The van der Waals surface area contributed by atoms with E-state index in [-0.39, 0.29) is 11.6 Å². The van der Waals surface area contributed by atoms with Gasteiger partial charge in [0.1, 0.15) is 17.4 Å². The van der Waals surface area contributed by atoms with E-state index in [4.69, 9.17) is 0 Å². The molecule has 0 saturated carbocycles. The van der Waals surface area contributed by atoms with Crippen LogP contribution in [0.2, 0.25) is 0 Å². The average molecular weight is 309 g/mol. The molecule has 0 aliphatic heterocycles. The van der Waals surface area contributed by atoms with E-state index in [1.807, 2.05) is 20.2 Å². The van der Waals surface area contributed by atoms with Gasteiger partial charge in [-0.15, -0.1) is 0 Å². The minimum atomic E-state index is -3.18. The van der Waals surface area contributed by atoms with E-state index in [0.29, 0.717) is 11.5 Å². The van der Waals surface area contributed by atoms with Crippen molar-refractivity contribution in [1.82, 2.24) is 19.7 Å². The van der Waals surface area contributed by atoms with Gasteiger partial charge in [-0.25, -0.2) is 18.4 Å². The van der Waals surface area contributed by atoms with Crippen LogP contribution in [0, 0.1) is 0 Å². The van der Waals surface area contributed by atoms with Gasteiger partial charge >= 0.3 is 0 Å². The highest BCUT2D eigenvalue weighted by Gasteiger charge is 2.12. The summed E-state index contributed by atoms with van der Waals surface area (Å²) in [5.41, 5.74) is 1.49. The summed E-state index contributed by atoms with van der Waals surface area (Å²) in [4.78, 5) is 8.59. The molecule has 2 aromatic heterocycles. The molecule has 0 radical (unpaired) electrons. The van der Waals surface area contributed by atoms with E-state index in [2.05, 4.69) is 20.4 Å². The Morgan fingerprint density at radius 3 is 2.67 bits per heavy atom. The van der Waals surface area contributed by atoms with Gasteiger partial charge in [0, 0.05) is 37.7 Å². The van der Waals surface area contributed by atoms with Crippen molar-refractivity contribution in [2.24, 2.45) is 7.05 Å². The summed E-state index contributed by atoms with van der Waals surface area (Å²) in [6.45, 7) is 2.81. The van der Waals surface area contributed by atoms with Crippen molar-refractivity contribution in [3.05, 3.63) is 24.3 Å². The molecule has 0 amide bonds. The van der Waals surface area contributed by atoms with Gasteiger partial charge in [-0.1, -0.05) is 6.92 Å². The van der Waals surface area contributed by atoms with Gasteiger partial charge in [-0.05, 0) is 6.42 Å². The van der Waals surface area contributed by atoms with Crippen molar-refractivity contribution in [1.29, 1.82) is 0 Å². The fraction of sp³-hybridized carbons (Fsp3) is 0.462. The molecule has 0 aromatic carbocycles. The highest BCUT2D eigenvalue weighted by molar-refractivity contribution is 7.89. The number of hydrogen-bond donors (Lipinski definition) is 1. The van der Waals surface area contributed by atoms with E-state index in [1.54, 1.807) is 16.9 Å². The second-order valence-corrected chi connectivity index (χ2v) is 7.09. The van der Waals surface area contributed by atoms with Crippen molar-refractivity contribution in [3.8, 4) is 11.3 Å². The number of aryl methyl sites for hydroxylation is 1. The molecule has 8 heteroatoms. The Labute approximate surface area is 124 Å². The summed E-state index contributed by atoms with van der Waals surface area (Å²) in [6.07, 6.45) is 5.65. The van der Waals surface area contributed by atoms with Crippen molar-refractivity contribution < 1.29 is 8.42 Å². The predicted octanol–water partition coefficient (Wildman–Crippen LogP) is 1.24. The fourth-order valence-corrected chi connectivity index (χ4v) is 2.44. The van der Waals surface area contributed by atoms with E-state index < -0.39 is 9.84 Å². The van der Waals surface area contributed by atoms with Crippen LogP contribution < -0.4 is 5.32 Å². The van der Waals surface area contributed by atoms with Gasteiger partial charge in [0.25, 0.3) is 0 Å². The highest BCUT2D eigenvalue weighted by atomic mass is 32.2. The number of nitrogens with zero attached hydrogens (tertiary/aromatic N) is 4. The molecule has 0 bridgehead atoms. The maximum Gasteiger partial charge on any atom is 0.154 e. The topological polar surface area (TPSA) is 89.8 Å². The Hall–Kier alpha value is -1.96. The molecule has 0 fully saturated rings. The van der Waals surface area contributed by atoms with Crippen LogP contribution in [0.1, 0.15) is 19.2 Å². The molecule has 0 saturated heterocycles. The minimum absolute atomic E-state index is 0.179. The first kappa shape index (κ1) is 15.4. The standard InChI is InChI=1S/C13H19N5O2S/c1-4-5-14-12-6-11(10-7-15-18(2)8-10)16-13(17-12)9-21(3,19)20/h6-8H,4-5,9H2,1-3H3,(H,14,16,17). The van der Waals surface area contributed by atoms with Gasteiger partial charge in [-0.2, -0.15) is 5.10 Å². The Bertz CT molecular complexity index is 724. The van der Waals surface area contributed by atoms with Crippen LogP contribution in [-0.4, -0.2) is 41.0 Å². The van der Waals surface area contributed by atoms with Crippen LogP contribution in [0.5, 0.6) is 0 Å². The number of hydrogen-bond acceptors (Lipinski definition) is 6. The molecular weight excluding hydrogens is 290 g/mol. The molecule has 2 rings (SSSR count). The lowest BCUT2D eigenvalue weighted by atomic mass is 10.2. The van der Waals surface area contributed by atoms with Crippen molar-refractivity contribution in [3.63, 3.8) is 0 Å². The van der Waals surface area contributed by atoms with Crippen LogP contribution in [0.25, 0.3) is 11.3 Å². The monoisotopic (exact) mass is 309 g/mol. The second-order valence-electron chi connectivity index (χ2n) is 4.95. The SMILES string of the molecule is CCCNc1cc(-c2cnn(C)c2)nc(CS(C)(=O)=O)n1. The third kappa shape index (κ3) is 4.52. The summed E-state index contributed by atoms with van der Waals surface area (Å²) in [5, 5.41) is 7.27. The molecule has 7 nitrogen and oxygen atoms in total. The van der Waals surface area contributed by atoms with Crippen LogP contribution in [0.4, 0.5) is 5.82 Å². The second kappa shape index (κ2) is 6.21. The van der Waals surface area contributed by atoms with Gasteiger partial charge in [0.2, 0.25) is 0 Å². The maximum absolute atomic E-state index is 11.5. The first-order valence-corrected chi connectivity index (χ1v) is 8.72. The summed E-state index contributed by atoms with van der Waals surface area (Å²) >= 11 is 0. The molecule has 21 heavy (non-hydrogen) atoms. The van der Waals surface area contributed by atoms with E-state index in [9.17, 15) is 8.42 Å². The molecule has 114 valence electrons. The number of rotatable bonds is 6. The molecule has 2 aromatic rings. The smallest absolute Gasteiger partial charge is 0.154 e. The molecule has 0 spiro atoms. The lowest BCUT2D eigenvalue weighted by Crippen LogP contribution is -2.09. The predicted molar refractivity (Wildman–Crippen MR) is 81.6 cm³/mol. The van der Waals surface area contributed by atoms with E-state index in [0.717, 1.165) is 18.5 Å². The lowest BCUT2D eigenvalue weighted by Gasteiger charge is -2.08. The fourth-order valence-electron chi connectivity index (χ4n) is 1.84. The molecular formula is C13H19N5O2S. The van der Waals surface area contributed by atoms with Crippen LogP contribution in [-0.2, 0) is 22.6 Å². The Morgan fingerprint density at radius 1 is 1.33 bits per heavy atom. The molecule has 0 aliphatic carbocycles. The van der Waals surface area contributed by atoms with Gasteiger partial charge in [0.15, 0.2) is 9.84 Å². The van der Waals surface area contributed by atoms with Crippen molar-refractivity contribution in [2.75, 3.05) is 18.1 Å². The largest absolute Gasteiger partial charge is 0.370 e. The molecule has 0 atom stereocenters. The van der Waals surface area contributed by atoms with E-state index in [1.165, 1.54) is 6.26 Å². The molecule has 0 aliphatic rings. The molecule has 0 unspecified atom stereocenters. The normalized spacial score (nSPS) is 11.6. The first-order valence-electron chi connectivity index (χ1n) is 6.66. The van der Waals surface area contributed by atoms with Crippen LogP contribution >= 0.6 is 0 Å². The zero-order chi connectivity index (χ0) is 15.5. The zero-order valence-corrected chi connectivity index (χ0v) is 13.2. The number of sulfone groups is 1. The Morgan fingerprint density at radius 2 is 2.10 bits per heavy atom. The number of anilines is 1. The molecule has 1 N–H and O–H groups in total. The Kier molecular flexibility index (Phi) is 4.56. The summed E-state index contributed by atoms with van der Waals surface area (Å²) in [7, 11) is -1.36. The van der Waals surface area contributed by atoms with Gasteiger partial charge in [-0.3, -0.25) is 4.68 Å². The van der Waals surface area contributed by atoms with Gasteiger partial charge in [0.05, 0.1) is 11.9 Å². The summed E-state index contributed by atoms with van der Waals surface area (Å²) < 4.78 is 24.6. The third-order valence-corrected chi connectivity index (χ3v) is 3.50. The van der Waals surface area contributed by atoms with Crippen molar-refractivity contribution >= 4 is 15.7 Å². The Balaban J connectivity index is 2.41. The zero-order valence-electron chi connectivity index (χ0n) is 12.4. The highest BCUT2D eigenvalue weighted by Crippen LogP contribution is 2.20. The van der Waals surface area contributed by atoms with Crippen LogP contribution in [0.15, 0.2) is 18.5 Å². The first-order chi connectivity index (χ1) is 9.87.